The summed E-state index contributed by atoms with van der Waals surface area (Å²) in [6.45, 7) is 3.83. The molecule has 2 aromatic rings. The van der Waals surface area contributed by atoms with Crippen LogP contribution >= 0.6 is 0 Å². The summed E-state index contributed by atoms with van der Waals surface area (Å²) in [6, 6.07) is 3.87. The molecule has 2 N–H and O–H groups in total. The smallest absolute Gasteiger partial charge is 0.157 e. The van der Waals surface area contributed by atoms with Crippen molar-refractivity contribution >= 4 is 0 Å². The molecule has 0 aliphatic rings. The zero-order chi connectivity index (χ0) is 12.1. The molecule has 5 nitrogen and oxygen atoms in total. The fourth-order valence-electron chi connectivity index (χ4n) is 1.49. The molecule has 5 heteroatoms. The molecule has 0 fully saturated rings. The summed E-state index contributed by atoms with van der Waals surface area (Å²) in [4.78, 5) is 4.13. The monoisotopic (exact) mass is 232 g/mol. The molecule has 0 aliphatic heterocycles. The van der Waals surface area contributed by atoms with Gasteiger partial charge in [-0.05, 0) is 24.6 Å². The van der Waals surface area contributed by atoms with Gasteiger partial charge in [-0.25, -0.2) is 0 Å². The molecule has 0 saturated heterocycles. The highest BCUT2D eigenvalue weighted by Crippen LogP contribution is 2.11. The largest absolute Gasteiger partial charge is 0.486 e. The lowest BCUT2D eigenvalue weighted by Gasteiger charge is -2.04. The van der Waals surface area contributed by atoms with E-state index in [0.29, 0.717) is 13.2 Å². The predicted octanol–water partition coefficient (Wildman–Crippen LogP) is 1.34. The number of nitrogens with two attached hydrogens (primary N) is 1. The Balaban J connectivity index is 1.96. The average Bonchev–Trinajstić information content (AvgIpc) is 2.84. The number of hydrogen-bond donors (Lipinski definition) is 1. The Labute approximate surface area is 100 Å². The van der Waals surface area contributed by atoms with Crippen molar-refractivity contribution in [3.8, 4) is 5.75 Å². The topological polar surface area (TPSA) is 66.0 Å². The highest BCUT2D eigenvalue weighted by atomic mass is 16.5. The maximum Gasteiger partial charge on any atom is 0.157 e. The molecule has 90 valence electrons. The number of pyridine rings is 1. The highest BCUT2D eigenvalue weighted by Gasteiger charge is 2.00. The number of aryl methyl sites for hydroxylation is 1. The van der Waals surface area contributed by atoms with Gasteiger partial charge in [0.1, 0.15) is 6.61 Å². The van der Waals surface area contributed by atoms with Crippen LogP contribution in [0.15, 0.2) is 30.7 Å². The fourth-order valence-corrected chi connectivity index (χ4v) is 1.49. The van der Waals surface area contributed by atoms with Crippen LogP contribution in [0.5, 0.6) is 5.75 Å². The van der Waals surface area contributed by atoms with Crippen LogP contribution in [-0.2, 0) is 19.7 Å². The van der Waals surface area contributed by atoms with Gasteiger partial charge in [-0.2, -0.15) is 5.10 Å². The van der Waals surface area contributed by atoms with Gasteiger partial charge in [0.25, 0.3) is 0 Å². The number of hydrogen-bond acceptors (Lipinski definition) is 4. The van der Waals surface area contributed by atoms with Crippen LogP contribution in [0.4, 0.5) is 0 Å². The molecule has 0 unspecified atom stereocenters. The molecular formula is C12H16N4O. The molecule has 0 atom stereocenters. The minimum atomic E-state index is 0.446. The standard InChI is InChI=1S/C12H16N4O/c1-2-16-8-12(7-15-16)17-9-10-3-4-14-11(5-10)6-13/h3-5,7-8H,2,6,9,13H2,1H3. The molecule has 2 aromatic heterocycles. The highest BCUT2D eigenvalue weighted by molar-refractivity contribution is 5.18. The summed E-state index contributed by atoms with van der Waals surface area (Å²) < 4.78 is 7.45. The first-order valence-electron chi connectivity index (χ1n) is 5.61. The summed E-state index contributed by atoms with van der Waals surface area (Å²) in [6.07, 6.45) is 5.34. The molecule has 2 rings (SSSR count). The Morgan fingerprint density at radius 2 is 2.35 bits per heavy atom. The van der Waals surface area contributed by atoms with Crippen molar-refractivity contribution in [3.05, 3.63) is 42.0 Å². The van der Waals surface area contributed by atoms with E-state index in [1.165, 1.54) is 0 Å². The van der Waals surface area contributed by atoms with Gasteiger partial charge >= 0.3 is 0 Å². The number of aromatic nitrogens is 3. The Kier molecular flexibility index (Phi) is 3.72. The van der Waals surface area contributed by atoms with Crippen molar-refractivity contribution < 1.29 is 4.74 Å². The van der Waals surface area contributed by atoms with E-state index in [4.69, 9.17) is 10.5 Å². The predicted molar refractivity (Wildman–Crippen MR) is 64.4 cm³/mol. The van der Waals surface area contributed by atoms with Gasteiger partial charge in [0.2, 0.25) is 0 Å². The Morgan fingerprint density at radius 1 is 1.47 bits per heavy atom. The van der Waals surface area contributed by atoms with E-state index in [1.54, 1.807) is 12.4 Å². The minimum absolute atomic E-state index is 0.446. The second-order valence-corrected chi connectivity index (χ2v) is 3.68. The third-order valence-electron chi connectivity index (χ3n) is 2.43. The Bertz CT molecular complexity index is 481. The van der Waals surface area contributed by atoms with Gasteiger partial charge < -0.3 is 10.5 Å². The lowest BCUT2D eigenvalue weighted by Crippen LogP contribution is -2.02. The molecule has 0 saturated carbocycles. The lowest BCUT2D eigenvalue weighted by atomic mass is 10.2. The van der Waals surface area contributed by atoms with E-state index in [0.717, 1.165) is 23.6 Å². The van der Waals surface area contributed by atoms with E-state index in [1.807, 2.05) is 29.9 Å². The van der Waals surface area contributed by atoms with Crippen LogP contribution in [0.3, 0.4) is 0 Å². The van der Waals surface area contributed by atoms with Gasteiger partial charge in [-0.3, -0.25) is 9.67 Å². The first-order valence-corrected chi connectivity index (χ1v) is 5.61. The second-order valence-electron chi connectivity index (χ2n) is 3.68. The normalized spacial score (nSPS) is 10.5. The molecule has 0 aromatic carbocycles. The minimum Gasteiger partial charge on any atom is -0.486 e. The third-order valence-corrected chi connectivity index (χ3v) is 2.43. The third kappa shape index (κ3) is 3.04. The zero-order valence-corrected chi connectivity index (χ0v) is 9.84. The molecule has 0 amide bonds. The number of nitrogens with zero attached hydrogens (tertiary/aromatic N) is 3. The van der Waals surface area contributed by atoms with Gasteiger partial charge in [0, 0.05) is 19.3 Å². The van der Waals surface area contributed by atoms with Crippen molar-refractivity contribution in [2.24, 2.45) is 5.73 Å². The molecule has 0 aliphatic carbocycles. The van der Waals surface area contributed by atoms with Crippen molar-refractivity contribution in [1.82, 2.24) is 14.8 Å². The van der Waals surface area contributed by atoms with Crippen LogP contribution in [0.25, 0.3) is 0 Å². The molecule has 0 bridgehead atoms. The number of rotatable bonds is 5. The molecule has 0 radical (unpaired) electrons. The summed E-state index contributed by atoms with van der Waals surface area (Å²) in [5, 5.41) is 4.14. The number of ether oxygens (including phenoxy) is 1. The van der Waals surface area contributed by atoms with Gasteiger partial charge in [-0.1, -0.05) is 0 Å². The quantitative estimate of drug-likeness (QED) is 0.844. The van der Waals surface area contributed by atoms with E-state index in [2.05, 4.69) is 10.1 Å². The average molecular weight is 232 g/mol. The molecule has 0 spiro atoms. The zero-order valence-electron chi connectivity index (χ0n) is 9.84. The van der Waals surface area contributed by atoms with Crippen molar-refractivity contribution in [3.63, 3.8) is 0 Å². The van der Waals surface area contributed by atoms with E-state index in [-0.39, 0.29) is 0 Å². The fraction of sp³-hybridized carbons (Fsp3) is 0.333. The lowest BCUT2D eigenvalue weighted by molar-refractivity contribution is 0.305. The summed E-state index contributed by atoms with van der Waals surface area (Å²) in [5.41, 5.74) is 7.46. The Morgan fingerprint density at radius 3 is 3.06 bits per heavy atom. The van der Waals surface area contributed by atoms with Crippen molar-refractivity contribution in [2.45, 2.75) is 26.6 Å². The first kappa shape index (κ1) is 11.6. The van der Waals surface area contributed by atoms with Crippen LogP contribution in [0, 0.1) is 0 Å². The van der Waals surface area contributed by atoms with Gasteiger partial charge in [-0.15, -0.1) is 0 Å². The van der Waals surface area contributed by atoms with Crippen LogP contribution in [-0.4, -0.2) is 14.8 Å². The Hall–Kier alpha value is -1.88. The summed E-state index contributed by atoms with van der Waals surface area (Å²) >= 11 is 0. The maximum atomic E-state index is 5.62. The maximum absolute atomic E-state index is 5.62. The first-order chi connectivity index (χ1) is 8.31. The van der Waals surface area contributed by atoms with Gasteiger partial charge in [0.05, 0.1) is 18.1 Å². The van der Waals surface area contributed by atoms with Crippen molar-refractivity contribution in [1.29, 1.82) is 0 Å². The SMILES string of the molecule is CCn1cc(OCc2ccnc(CN)c2)cn1. The van der Waals surface area contributed by atoms with Crippen LogP contribution in [0.2, 0.25) is 0 Å². The van der Waals surface area contributed by atoms with E-state index in [9.17, 15) is 0 Å². The molecule has 17 heavy (non-hydrogen) atoms. The molecular weight excluding hydrogens is 216 g/mol. The van der Waals surface area contributed by atoms with E-state index >= 15 is 0 Å². The van der Waals surface area contributed by atoms with Crippen LogP contribution < -0.4 is 10.5 Å². The van der Waals surface area contributed by atoms with E-state index < -0.39 is 0 Å². The van der Waals surface area contributed by atoms with Gasteiger partial charge in [0.15, 0.2) is 5.75 Å². The molecule has 2 heterocycles. The van der Waals surface area contributed by atoms with Crippen LogP contribution in [0.1, 0.15) is 18.2 Å². The summed E-state index contributed by atoms with van der Waals surface area (Å²) in [7, 11) is 0. The van der Waals surface area contributed by atoms with Crippen molar-refractivity contribution in [2.75, 3.05) is 0 Å². The second kappa shape index (κ2) is 5.45. The summed E-state index contributed by atoms with van der Waals surface area (Å²) in [5.74, 6) is 0.776.